The second-order valence-corrected chi connectivity index (χ2v) is 6.37. The van der Waals surface area contributed by atoms with E-state index in [1.54, 1.807) is 0 Å². The molecule has 0 amide bonds. The quantitative estimate of drug-likeness (QED) is 0.903. The van der Waals surface area contributed by atoms with Crippen LogP contribution in [0.4, 0.5) is 0 Å². The number of carboxylic acid groups (broad SMARTS) is 1. The highest BCUT2D eigenvalue weighted by molar-refractivity contribution is 5.67. The minimum Gasteiger partial charge on any atom is -0.481 e. The van der Waals surface area contributed by atoms with E-state index in [4.69, 9.17) is 5.11 Å². The van der Waals surface area contributed by atoms with E-state index in [9.17, 15) is 4.79 Å². The van der Waals surface area contributed by atoms with Gasteiger partial charge in [-0.1, -0.05) is 60.7 Å². The minimum atomic E-state index is -0.682. The molecule has 1 saturated heterocycles. The number of nitrogens with zero attached hydrogens (tertiary/aromatic N) is 1. The Morgan fingerprint density at radius 2 is 1.70 bits per heavy atom. The first-order chi connectivity index (χ1) is 11.2. The van der Waals surface area contributed by atoms with Crippen LogP contribution >= 0.6 is 0 Å². The van der Waals surface area contributed by atoms with Gasteiger partial charge in [-0.25, -0.2) is 0 Å². The highest BCUT2D eigenvalue weighted by atomic mass is 16.4. The van der Waals surface area contributed by atoms with Gasteiger partial charge in [0, 0.05) is 19.0 Å². The number of carbonyl (C=O) groups is 1. The van der Waals surface area contributed by atoms with Gasteiger partial charge in [-0.05, 0) is 36.4 Å². The molecule has 3 heteroatoms. The molecule has 0 spiro atoms. The fourth-order valence-electron chi connectivity index (χ4n) is 3.55. The fraction of sp³-hybridized carbons (Fsp3) is 0.350. The summed E-state index contributed by atoms with van der Waals surface area (Å²) in [5, 5.41) is 9.11. The van der Waals surface area contributed by atoms with Crippen molar-refractivity contribution in [1.29, 1.82) is 0 Å². The van der Waals surface area contributed by atoms with Crippen LogP contribution in [-0.4, -0.2) is 22.5 Å². The molecule has 0 bridgehead atoms. The van der Waals surface area contributed by atoms with Crippen molar-refractivity contribution in [2.24, 2.45) is 5.92 Å². The molecule has 1 aliphatic rings. The van der Waals surface area contributed by atoms with Crippen molar-refractivity contribution in [3.63, 3.8) is 0 Å². The van der Waals surface area contributed by atoms with Crippen molar-refractivity contribution in [3.05, 3.63) is 71.8 Å². The zero-order valence-corrected chi connectivity index (χ0v) is 13.3. The lowest BCUT2D eigenvalue weighted by Gasteiger charge is -2.39. The van der Waals surface area contributed by atoms with Gasteiger partial charge in [0.1, 0.15) is 0 Å². The molecule has 3 nitrogen and oxygen atoms in total. The Bertz CT molecular complexity index is 627. The van der Waals surface area contributed by atoms with E-state index < -0.39 is 5.97 Å². The van der Waals surface area contributed by atoms with Crippen LogP contribution in [0.5, 0.6) is 0 Å². The number of likely N-dealkylation sites (tertiary alicyclic amines) is 1. The molecular weight excluding hydrogens is 286 g/mol. The van der Waals surface area contributed by atoms with Crippen LogP contribution in [0, 0.1) is 5.92 Å². The fourth-order valence-corrected chi connectivity index (χ4v) is 3.55. The molecule has 2 aromatic carbocycles. The van der Waals surface area contributed by atoms with Crippen molar-refractivity contribution in [1.82, 2.24) is 4.90 Å². The maximum atomic E-state index is 11.1. The molecule has 3 rings (SSSR count). The van der Waals surface area contributed by atoms with E-state index in [0.29, 0.717) is 6.04 Å². The summed E-state index contributed by atoms with van der Waals surface area (Å²) in [5.41, 5.74) is 2.60. The van der Waals surface area contributed by atoms with Gasteiger partial charge in [0.25, 0.3) is 0 Å². The number of hydrogen-bond acceptors (Lipinski definition) is 2. The molecule has 2 atom stereocenters. The van der Waals surface area contributed by atoms with Gasteiger partial charge < -0.3 is 5.11 Å². The maximum Gasteiger partial charge on any atom is 0.303 e. The zero-order chi connectivity index (χ0) is 16.1. The Balaban J connectivity index is 1.78. The second kappa shape index (κ2) is 7.42. The Kier molecular flexibility index (Phi) is 5.09. The lowest BCUT2D eigenvalue weighted by atomic mass is 9.85. The molecule has 2 aromatic rings. The third kappa shape index (κ3) is 4.20. The largest absolute Gasteiger partial charge is 0.481 e. The van der Waals surface area contributed by atoms with Gasteiger partial charge in [-0.2, -0.15) is 0 Å². The maximum absolute atomic E-state index is 11.1. The number of piperidine rings is 1. The third-order valence-corrected chi connectivity index (χ3v) is 4.70. The number of benzene rings is 2. The number of aliphatic carboxylic acids is 1. The lowest BCUT2D eigenvalue weighted by molar-refractivity contribution is -0.138. The predicted molar refractivity (Wildman–Crippen MR) is 91.0 cm³/mol. The summed E-state index contributed by atoms with van der Waals surface area (Å²) in [6.45, 7) is 1.87. The van der Waals surface area contributed by atoms with Gasteiger partial charge in [0.2, 0.25) is 0 Å². The Morgan fingerprint density at radius 1 is 1.04 bits per heavy atom. The normalized spacial score (nSPS) is 21.9. The first-order valence-corrected chi connectivity index (χ1v) is 8.27. The number of carboxylic acids is 1. The van der Waals surface area contributed by atoms with Crippen LogP contribution in [0.3, 0.4) is 0 Å². The third-order valence-electron chi connectivity index (χ3n) is 4.70. The minimum absolute atomic E-state index is 0.268. The topological polar surface area (TPSA) is 40.5 Å². The second-order valence-electron chi connectivity index (χ2n) is 6.37. The smallest absolute Gasteiger partial charge is 0.303 e. The summed E-state index contributed by atoms with van der Waals surface area (Å²) in [4.78, 5) is 13.6. The summed E-state index contributed by atoms with van der Waals surface area (Å²) in [6, 6.07) is 21.3. The lowest BCUT2D eigenvalue weighted by Crippen LogP contribution is -2.37. The van der Waals surface area contributed by atoms with Crippen LogP contribution in [0.2, 0.25) is 0 Å². The molecule has 120 valence electrons. The summed E-state index contributed by atoms with van der Waals surface area (Å²) >= 11 is 0. The van der Waals surface area contributed by atoms with Gasteiger partial charge in [0.15, 0.2) is 0 Å². The SMILES string of the molecule is O=C(O)CC1CCN(Cc2ccccc2)C(c2ccccc2)C1. The van der Waals surface area contributed by atoms with E-state index in [0.717, 1.165) is 25.9 Å². The molecule has 1 fully saturated rings. The molecule has 0 aliphatic carbocycles. The Labute approximate surface area is 137 Å². The number of rotatable bonds is 5. The summed E-state index contributed by atoms with van der Waals surface area (Å²) in [6.07, 6.45) is 2.16. The summed E-state index contributed by atoms with van der Waals surface area (Å²) in [5.74, 6) is -0.414. The zero-order valence-electron chi connectivity index (χ0n) is 13.3. The van der Waals surface area contributed by atoms with Gasteiger partial charge in [0.05, 0.1) is 0 Å². The van der Waals surface area contributed by atoms with E-state index in [1.165, 1.54) is 11.1 Å². The van der Waals surface area contributed by atoms with Crippen molar-refractivity contribution in [2.75, 3.05) is 6.54 Å². The monoisotopic (exact) mass is 309 g/mol. The van der Waals surface area contributed by atoms with Crippen molar-refractivity contribution in [2.45, 2.75) is 31.8 Å². The van der Waals surface area contributed by atoms with E-state index in [1.807, 2.05) is 12.1 Å². The van der Waals surface area contributed by atoms with E-state index in [2.05, 4.69) is 53.4 Å². The van der Waals surface area contributed by atoms with Gasteiger partial charge in [-0.3, -0.25) is 9.69 Å². The van der Waals surface area contributed by atoms with Gasteiger partial charge in [-0.15, -0.1) is 0 Å². The van der Waals surface area contributed by atoms with Crippen LogP contribution in [0.1, 0.15) is 36.4 Å². The highest BCUT2D eigenvalue weighted by Gasteiger charge is 2.30. The highest BCUT2D eigenvalue weighted by Crippen LogP contribution is 2.36. The first kappa shape index (κ1) is 15.8. The molecule has 0 saturated carbocycles. The van der Waals surface area contributed by atoms with Crippen LogP contribution in [0.15, 0.2) is 60.7 Å². The Morgan fingerprint density at radius 3 is 2.35 bits per heavy atom. The van der Waals surface area contributed by atoms with E-state index >= 15 is 0 Å². The molecule has 1 aliphatic heterocycles. The molecule has 23 heavy (non-hydrogen) atoms. The molecule has 0 aromatic heterocycles. The van der Waals surface area contributed by atoms with Crippen LogP contribution in [0.25, 0.3) is 0 Å². The predicted octanol–water partition coefficient (Wildman–Crippen LogP) is 4.11. The standard InChI is InChI=1S/C20H23NO2/c22-20(23)14-17-11-12-21(15-16-7-3-1-4-8-16)19(13-17)18-9-5-2-6-10-18/h1-10,17,19H,11-15H2,(H,22,23). The molecular formula is C20H23NO2. The van der Waals surface area contributed by atoms with Crippen molar-refractivity contribution in [3.8, 4) is 0 Å². The summed E-state index contributed by atoms with van der Waals surface area (Å²) < 4.78 is 0. The Hall–Kier alpha value is -2.13. The first-order valence-electron chi connectivity index (χ1n) is 8.27. The average molecular weight is 309 g/mol. The van der Waals surface area contributed by atoms with E-state index in [-0.39, 0.29) is 12.3 Å². The summed E-state index contributed by atoms with van der Waals surface area (Å²) in [7, 11) is 0. The molecule has 1 heterocycles. The van der Waals surface area contributed by atoms with Crippen LogP contribution < -0.4 is 0 Å². The average Bonchev–Trinajstić information content (AvgIpc) is 2.57. The number of hydrogen-bond donors (Lipinski definition) is 1. The van der Waals surface area contributed by atoms with Crippen molar-refractivity contribution >= 4 is 5.97 Å². The van der Waals surface area contributed by atoms with Crippen LogP contribution in [-0.2, 0) is 11.3 Å². The molecule has 2 unspecified atom stereocenters. The molecule has 1 N–H and O–H groups in total. The molecule has 0 radical (unpaired) electrons. The van der Waals surface area contributed by atoms with Gasteiger partial charge >= 0.3 is 5.97 Å². The van der Waals surface area contributed by atoms with Crippen molar-refractivity contribution < 1.29 is 9.90 Å².